The molecule has 0 unspecified atom stereocenters. The van der Waals surface area contributed by atoms with Crippen LogP contribution in [0.4, 0.5) is 4.79 Å². The molecule has 1 heterocycles. The van der Waals surface area contributed by atoms with Gasteiger partial charge in [-0.15, -0.1) is 0 Å². The third-order valence-electron chi connectivity index (χ3n) is 4.02. The Morgan fingerprint density at radius 3 is 2.43 bits per heavy atom. The zero-order chi connectivity index (χ0) is 21.8. The first kappa shape index (κ1) is 21.6. The first-order valence-electron chi connectivity index (χ1n) is 8.46. The van der Waals surface area contributed by atoms with Crippen molar-refractivity contribution in [3.8, 4) is 5.75 Å². The lowest BCUT2D eigenvalue weighted by Crippen LogP contribution is -2.33. The number of carboxylic acid groups (broad SMARTS) is 2. The number of imide groups is 1. The van der Waals surface area contributed by atoms with E-state index in [0.717, 1.165) is 10.0 Å². The molecule has 2 aromatic rings. The lowest BCUT2D eigenvalue weighted by molar-refractivity contribution is -0.140. The topological polar surface area (TPSA) is 121 Å². The second kappa shape index (κ2) is 9.14. The van der Waals surface area contributed by atoms with E-state index in [0.29, 0.717) is 28.0 Å². The van der Waals surface area contributed by atoms with E-state index in [9.17, 15) is 19.2 Å². The van der Waals surface area contributed by atoms with Gasteiger partial charge in [0.2, 0.25) is 0 Å². The molecule has 1 fully saturated rings. The van der Waals surface area contributed by atoms with Crippen molar-refractivity contribution in [1.29, 1.82) is 0 Å². The van der Waals surface area contributed by atoms with Crippen LogP contribution in [0, 0.1) is 0 Å². The zero-order valence-corrected chi connectivity index (χ0v) is 17.6. The van der Waals surface area contributed by atoms with Crippen molar-refractivity contribution in [2.24, 2.45) is 0 Å². The number of carboxylic acids is 2. The summed E-state index contributed by atoms with van der Waals surface area (Å²) >= 11 is 4.01. The van der Waals surface area contributed by atoms with E-state index in [-0.39, 0.29) is 17.1 Å². The number of ether oxygens (including phenoxy) is 1. The van der Waals surface area contributed by atoms with E-state index in [1.54, 1.807) is 30.3 Å². The molecule has 10 heteroatoms. The quantitative estimate of drug-likeness (QED) is 0.560. The van der Waals surface area contributed by atoms with Gasteiger partial charge in [0.15, 0.2) is 0 Å². The summed E-state index contributed by atoms with van der Waals surface area (Å²) in [6, 6.07) is 11.4. The summed E-state index contributed by atoms with van der Waals surface area (Å²) in [5.74, 6) is -2.54. The molecule has 2 amide bonds. The average Bonchev–Trinajstić information content (AvgIpc) is 2.94. The fourth-order valence-corrected chi connectivity index (χ4v) is 3.79. The molecule has 0 spiro atoms. The molecule has 0 aliphatic carbocycles. The number of aromatic carboxylic acids is 1. The largest absolute Gasteiger partial charge is 0.488 e. The highest BCUT2D eigenvalue weighted by Crippen LogP contribution is 2.35. The van der Waals surface area contributed by atoms with Crippen LogP contribution in [0.25, 0.3) is 6.08 Å². The summed E-state index contributed by atoms with van der Waals surface area (Å²) in [5, 5.41) is 17.2. The van der Waals surface area contributed by atoms with Crippen LogP contribution >= 0.6 is 27.7 Å². The predicted molar refractivity (Wildman–Crippen MR) is 112 cm³/mol. The normalized spacial score (nSPS) is 15.0. The third kappa shape index (κ3) is 5.08. The number of benzene rings is 2. The van der Waals surface area contributed by atoms with Crippen LogP contribution in [-0.4, -0.2) is 44.7 Å². The van der Waals surface area contributed by atoms with Crippen molar-refractivity contribution in [2.75, 3.05) is 6.54 Å². The second-order valence-electron chi connectivity index (χ2n) is 6.13. The van der Waals surface area contributed by atoms with Crippen molar-refractivity contribution in [3.63, 3.8) is 0 Å². The van der Waals surface area contributed by atoms with E-state index in [4.69, 9.17) is 14.9 Å². The molecule has 154 valence electrons. The number of amides is 2. The molecule has 1 aliphatic rings. The number of halogens is 1. The van der Waals surface area contributed by atoms with Gasteiger partial charge in [-0.3, -0.25) is 19.3 Å². The third-order valence-corrected chi connectivity index (χ3v) is 5.42. The van der Waals surface area contributed by atoms with E-state index in [1.165, 1.54) is 18.2 Å². The summed E-state index contributed by atoms with van der Waals surface area (Å²) in [7, 11) is 0. The number of nitrogens with zero attached hydrogens (tertiary/aromatic N) is 1. The van der Waals surface area contributed by atoms with Gasteiger partial charge in [0.25, 0.3) is 11.1 Å². The number of aliphatic carboxylic acids is 1. The molecule has 1 saturated heterocycles. The summed E-state index contributed by atoms with van der Waals surface area (Å²) in [4.78, 5) is 46.9. The summed E-state index contributed by atoms with van der Waals surface area (Å²) in [6.07, 6.45) is 1.47. The van der Waals surface area contributed by atoms with Crippen LogP contribution < -0.4 is 4.74 Å². The standard InChI is InChI=1S/C20H14BrNO7S/c21-14-5-6-15(29-10-11-1-3-12(4-2-11)19(26)27)13(7-14)8-16-18(25)22(9-17(23)24)20(28)30-16/h1-8H,9-10H2,(H,23,24)(H,26,27). The number of carbonyl (C=O) groups is 4. The molecule has 8 nitrogen and oxygen atoms in total. The van der Waals surface area contributed by atoms with E-state index in [1.807, 2.05) is 0 Å². The van der Waals surface area contributed by atoms with Gasteiger partial charge >= 0.3 is 11.9 Å². The van der Waals surface area contributed by atoms with Gasteiger partial charge in [-0.2, -0.15) is 0 Å². The van der Waals surface area contributed by atoms with Crippen LogP contribution in [0.1, 0.15) is 21.5 Å². The Balaban J connectivity index is 1.81. The number of carbonyl (C=O) groups excluding carboxylic acids is 2. The number of thioether (sulfide) groups is 1. The van der Waals surface area contributed by atoms with Gasteiger partial charge < -0.3 is 14.9 Å². The van der Waals surface area contributed by atoms with E-state index >= 15 is 0 Å². The molecule has 30 heavy (non-hydrogen) atoms. The molecule has 0 atom stereocenters. The lowest BCUT2D eigenvalue weighted by atomic mass is 10.1. The van der Waals surface area contributed by atoms with Crippen LogP contribution in [0.2, 0.25) is 0 Å². The van der Waals surface area contributed by atoms with Gasteiger partial charge in [-0.1, -0.05) is 28.1 Å². The minimum atomic E-state index is -1.28. The maximum atomic E-state index is 12.4. The van der Waals surface area contributed by atoms with Crippen molar-refractivity contribution in [1.82, 2.24) is 4.90 Å². The molecule has 2 aromatic carbocycles. The monoisotopic (exact) mass is 491 g/mol. The summed E-state index contributed by atoms with van der Waals surface area (Å²) < 4.78 is 6.54. The Kier molecular flexibility index (Phi) is 6.58. The summed E-state index contributed by atoms with van der Waals surface area (Å²) in [5.41, 5.74) is 1.43. The Hall–Kier alpha value is -3.11. The second-order valence-corrected chi connectivity index (χ2v) is 8.04. The zero-order valence-electron chi connectivity index (χ0n) is 15.2. The van der Waals surface area contributed by atoms with Crippen molar-refractivity contribution in [3.05, 3.63) is 68.5 Å². The maximum absolute atomic E-state index is 12.4. The number of hydrogen-bond acceptors (Lipinski definition) is 6. The van der Waals surface area contributed by atoms with Crippen molar-refractivity contribution >= 4 is 56.9 Å². The highest BCUT2D eigenvalue weighted by atomic mass is 79.9. The minimum absolute atomic E-state index is 0.0926. The lowest BCUT2D eigenvalue weighted by Gasteiger charge is -2.11. The molecule has 3 rings (SSSR count). The average molecular weight is 492 g/mol. The predicted octanol–water partition coefficient (Wildman–Crippen LogP) is 3.85. The fraction of sp³-hybridized carbons (Fsp3) is 0.100. The van der Waals surface area contributed by atoms with Gasteiger partial charge in [-0.05, 0) is 53.7 Å². The van der Waals surface area contributed by atoms with Crippen molar-refractivity contribution in [2.45, 2.75) is 6.61 Å². The van der Waals surface area contributed by atoms with Crippen LogP contribution in [0.3, 0.4) is 0 Å². The molecule has 2 N–H and O–H groups in total. The van der Waals surface area contributed by atoms with Gasteiger partial charge in [0.1, 0.15) is 18.9 Å². The molecule has 0 bridgehead atoms. The first-order valence-corrected chi connectivity index (χ1v) is 10.1. The molecular weight excluding hydrogens is 478 g/mol. The van der Waals surface area contributed by atoms with Crippen LogP contribution in [-0.2, 0) is 16.2 Å². The fourth-order valence-electron chi connectivity index (χ4n) is 2.58. The van der Waals surface area contributed by atoms with E-state index in [2.05, 4.69) is 15.9 Å². The van der Waals surface area contributed by atoms with Gasteiger partial charge in [0.05, 0.1) is 10.5 Å². The number of rotatable bonds is 7. The Labute approximate surface area is 183 Å². The first-order chi connectivity index (χ1) is 14.2. The highest BCUT2D eigenvalue weighted by Gasteiger charge is 2.36. The van der Waals surface area contributed by atoms with E-state index < -0.39 is 29.6 Å². The molecule has 1 aliphatic heterocycles. The smallest absolute Gasteiger partial charge is 0.335 e. The van der Waals surface area contributed by atoms with Crippen molar-refractivity contribution < 1.29 is 34.1 Å². The molecule has 0 aromatic heterocycles. The van der Waals surface area contributed by atoms with Gasteiger partial charge in [0, 0.05) is 10.0 Å². The molecular formula is C20H14BrNO7S. The SMILES string of the molecule is O=C(O)CN1C(=O)SC(=Cc2cc(Br)ccc2OCc2ccc(C(=O)O)cc2)C1=O. The number of hydrogen-bond donors (Lipinski definition) is 2. The minimum Gasteiger partial charge on any atom is -0.488 e. The molecule has 0 saturated carbocycles. The molecule has 0 radical (unpaired) electrons. The van der Waals surface area contributed by atoms with Gasteiger partial charge in [-0.25, -0.2) is 4.79 Å². The van der Waals surface area contributed by atoms with Crippen LogP contribution in [0.15, 0.2) is 51.8 Å². The Morgan fingerprint density at radius 1 is 1.10 bits per heavy atom. The maximum Gasteiger partial charge on any atom is 0.335 e. The Bertz CT molecular complexity index is 1070. The summed E-state index contributed by atoms with van der Waals surface area (Å²) in [6.45, 7) is -0.543. The van der Waals surface area contributed by atoms with Crippen LogP contribution in [0.5, 0.6) is 5.75 Å². The Morgan fingerprint density at radius 2 is 1.80 bits per heavy atom. The highest BCUT2D eigenvalue weighted by molar-refractivity contribution is 9.10.